The summed E-state index contributed by atoms with van der Waals surface area (Å²) in [4.78, 5) is 12.6. The van der Waals surface area contributed by atoms with Crippen molar-refractivity contribution in [2.24, 2.45) is 0 Å². The number of nitriles is 1. The van der Waals surface area contributed by atoms with Gasteiger partial charge >= 0.3 is 0 Å². The molecule has 0 radical (unpaired) electrons. The van der Waals surface area contributed by atoms with Gasteiger partial charge in [-0.3, -0.25) is 0 Å². The van der Waals surface area contributed by atoms with E-state index in [2.05, 4.69) is 25.8 Å². The van der Waals surface area contributed by atoms with Crippen LogP contribution < -0.4 is 14.5 Å². The standard InChI is InChI=1S/C18H20FN5O/c1-23(17-9-18(25-2)22-12-21-17)15-4-3-7-24(11-15)16-6-5-14(19)8-13(16)10-20/h5-6,8-9,12,15H,3-4,7,11H2,1-2H3. The van der Waals surface area contributed by atoms with Gasteiger partial charge in [0.15, 0.2) is 0 Å². The van der Waals surface area contributed by atoms with Crippen LogP contribution in [-0.4, -0.2) is 43.3 Å². The van der Waals surface area contributed by atoms with Crippen molar-refractivity contribution in [2.45, 2.75) is 18.9 Å². The lowest BCUT2D eigenvalue weighted by molar-refractivity contribution is 0.396. The highest BCUT2D eigenvalue weighted by Gasteiger charge is 2.26. The number of rotatable bonds is 4. The number of hydrogen-bond donors (Lipinski definition) is 0. The first kappa shape index (κ1) is 17.0. The Morgan fingerprint density at radius 2 is 2.20 bits per heavy atom. The van der Waals surface area contributed by atoms with Gasteiger partial charge in [-0.05, 0) is 31.0 Å². The van der Waals surface area contributed by atoms with Crippen LogP contribution in [0.1, 0.15) is 18.4 Å². The number of nitrogens with zero attached hydrogens (tertiary/aromatic N) is 5. The molecule has 1 saturated heterocycles. The predicted octanol–water partition coefficient (Wildman–Crippen LogP) is 2.60. The zero-order valence-corrected chi connectivity index (χ0v) is 14.3. The number of ether oxygens (including phenoxy) is 1. The summed E-state index contributed by atoms with van der Waals surface area (Å²) in [6.45, 7) is 1.58. The smallest absolute Gasteiger partial charge is 0.218 e. The van der Waals surface area contributed by atoms with Gasteiger partial charge in [0.1, 0.15) is 24.0 Å². The second-order valence-electron chi connectivity index (χ2n) is 6.04. The maximum Gasteiger partial charge on any atom is 0.218 e. The van der Waals surface area contributed by atoms with Crippen molar-refractivity contribution in [1.82, 2.24) is 9.97 Å². The zero-order valence-electron chi connectivity index (χ0n) is 14.3. The SMILES string of the molecule is COc1cc(N(C)C2CCCN(c3ccc(F)cc3C#N)C2)ncn1. The first-order valence-electron chi connectivity index (χ1n) is 8.16. The zero-order chi connectivity index (χ0) is 17.8. The van der Waals surface area contributed by atoms with Gasteiger partial charge in [-0.15, -0.1) is 0 Å². The van der Waals surface area contributed by atoms with Crippen molar-refractivity contribution in [3.05, 3.63) is 42.0 Å². The van der Waals surface area contributed by atoms with Crippen LogP contribution in [-0.2, 0) is 0 Å². The molecule has 0 saturated carbocycles. The molecule has 7 heteroatoms. The van der Waals surface area contributed by atoms with Gasteiger partial charge in [-0.25, -0.2) is 14.4 Å². The summed E-state index contributed by atoms with van der Waals surface area (Å²) in [7, 11) is 3.57. The number of hydrogen-bond acceptors (Lipinski definition) is 6. The Labute approximate surface area is 146 Å². The highest BCUT2D eigenvalue weighted by Crippen LogP contribution is 2.27. The van der Waals surface area contributed by atoms with Crippen molar-refractivity contribution < 1.29 is 9.13 Å². The first-order valence-corrected chi connectivity index (χ1v) is 8.16. The number of methoxy groups -OCH3 is 1. The van der Waals surface area contributed by atoms with Gasteiger partial charge in [0.05, 0.1) is 18.4 Å². The average molecular weight is 341 g/mol. The van der Waals surface area contributed by atoms with Crippen LogP contribution in [0, 0.1) is 17.1 Å². The largest absolute Gasteiger partial charge is 0.481 e. The summed E-state index contributed by atoms with van der Waals surface area (Å²) >= 11 is 0. The molecule has 1 aromatic carbocycles. The minimum Gasteiger partial charge on any atom is -0.481 e. The lowest BCUT2D eigenvalue weighted by atomic mass is 10.0. The first-order chi connectivity index (χ1) is 12.1. The summed E-state index contributed by atoms with van der Waals surface area (Å²) < 4.78 is 18.6. The fraction of sp³-hybridized carbons (Fsp3) is 0.389. The van der Waals surface area contributed by atoms with Crippen LogP contribution in [0.15, 0.2) is 30.6 Å². The van der Waals surface area contributed by atoms with E-state index >= 15 is 0 Å². The molecule has 0 bridgehead atoms. The van der Waals surface area contributed by atoms with Crippen LogP contribution in [0.5, 0.6) is 5.88 Å². The van der Waals surface area contributed by atoms with Gasteiger partial charge in [-0.2, -0.15) is 5.26 Å². The lowest BCUT2D eigenvalue weighted by Crippen LogP contribution is -2.47. The van der Waals surface area contributed by atoms with E-state index in [1.54, 1.807) is 19.2 Å². The Morgan fingerprint density at radius 3 is 2.96 bits per heavy atom. The Balaban J connectivity index is 1.80. The Bertz CT molecular complexity index is 791. The molecule has 1 atom stereocenters. The topological polar surface area (TPSA) is 65.3 Å². The molecule has 1 unspecified atom stereocenters. The van der Waals surface area contributed by atoms with E-state index in [0.29, 0.717) is 11.4 Å². The van der Waals surface area contributed by atoms with E-state index in [0.717, 1.165) is 37.4 Å². The second kappa shape index (κ2) is 7.34. The monoisotopic (exact) mass is 341 g/mol. The Kier molecular flexibility index (Phi) is 4.98. The maximum atomic E-state index is 13.4. The third-order valence-corrected chi connectivity index (χ3v) is 4.56. The summed E-state index contributed by atoms with van der Waals surface area (Å²) in [5, 5.41) is 9.30. The third-order valence-electron chi connectivity index (χ3n) is 4.56. The van der Waals surface area contributed by atoms with Crippen molar-refractivity contribution in [1.29, 1.82) is 5.26 Å². The second-order valence-corrected chi connectivity index (χ2v) is 6.04. The summed E-state index contributed by atoms with van der Waals surface area (Å²) in [5.41, 5.74) is 1.15. The fourth-order valence-electron chi connectivity index (χ4n) is 3.18. The van der Waals surface area contributed by atoms with Crippen LogP contribution in [0.2, 0.25) is 0 Å². The van der Waals surface area contributed by atoms with E-state index in [9.17, 15) is 9.65 Å². The van der Waals surface area contributed by atoms with Crippen LogP contribution in [0.4, 0.5) is 15.9 Å². The van der Waals surface area contributed by atoms with Gasteiger partial charge in [0.25, 0.3) is 0 Å². The van der Waals surface area contributed by atoms with Gasteiger partial charge in [0, 0.05) is 32.2 Å². The van der Waals surface area contributed by atoms with E-state index in [-0.39, 0.29) is 11.9 Å². The third kappa shape index (κ3) is 3.63. The molecule has 25 heavy (non-hydrogen) atoms. The lowest BCUT2D eigenvalue weighted by Gasteiger charge is -2.39. The van der Waals surface area contributed by atoms with Crippen molar-refractivity contribution in [2.75, 3.05) is 37.0 Å². The summed E-state index contributed by atoms with van der Waals surface area (Å²) in [6.07, 6.45) is 3.49. The van der Waals surface area contributed by atoms with Crippen molar-refractivity contribution in [3.8, 4) is 11.9 Å². The Morgan fingerprint density at radius 1 is 1.36 bits per heavy atom. The molecular weight excluding hydrogens is 321 g/mol. The van der Waals surface area contributed by atoms with Gasteiger partial charge in [0.2, 0.25) is 5.88 Å². The molecule has 0 amide bonds. The number of halogens is 1. The highest BCUT2D eigenvalue weighted by molar-refractivity contribution is 5.60. The minimum absolute atomic E-state index is 0.227. The molecule has 1 aromatic heterocycles. The average Bonchev–Trinajstić information content (AvgIpc) is 2.67. The van der Waals surface area contributed by atoms with Crippen LogP contribution in [0.3, 0.4) is 0 Å². The van der Waals surface area contributed by atoms with Gasteiger partial charge < -0.3 is 14.5 Å². The highest BCUT2D eigenvalue weighted by atomic mass is 19.1. The van der Waals surface area contributed by atoms with Crippen molar-refractivity contribution in [3.63, 3.8) is 0 Å². The maximum absolute atomic E-state index is 13.4. The molecule has 2 heterocycles. The molecule has 1 aliphatic rings. The molecule has 1 aliphatic heterocycles. The van der Waals surface area contributed by atoms with E-state index in [4.69, 9.17) is 4.74 Å². The molecule has 3 rings (SSSR count). The molecule has 2 aromatic rings. The van der Waals surface area contributed by atoms with E-state index in [1.165, 1.54) is 18.5 Å². The predicted molar refractivity (Wildman–Crippen MR) is 93.3 cm³/mol. The summed E-state index contributed by atoms with van der Waals surface area (Å²) in [6, 6.07) is 8.50. The Hall–Kier alpha value is -2.88. The molecular formula is C18H20FN5O. The number of piperidine rings is 1. The molecule has 130 valence electrons. The van der Waals surface area contributed by atoms with Crippen molar-refractivity contribution >= 4 is 11.5 Å². The van der Waals surface area contributed by atoms with Crippen LogP contribution >= 0.6 is 0 Å². The molecule has 1 fully saturated rings. The number of benzene rings is 1. The van der Waals surface area contributed by atoms with E-state index in [1.807, 2.05) is 7.05 Å². The summed E-state index contributed by atoms with van der Waals surface area (Å²) in [5.74, 6) is 0.923. The fourth-order valence-corrected chi connectivity index (χ4v) is 3.18. The molecule has 0 aliphatic carbocycles. The molecule has 6 nitrogen and oxygen atoms in total. The molecule has 0 N–H and O–H groups in total. The quantitative estimate of drug-likeness (QED) is 0.852. The minimum atomic E-state index is -0.390. The van der Waals surface area contributed by atoms with Crippen LogP contribution in [0.25, 0.3) is 0 Å². The number of aromatic nitrogens is 2. The molecule has 0 spiro atoms. The van der Waals surface area contributed by atoms with E-state index < -0.39 is 0 Å². The number of likely N-dealkylation sites (N-methyl/N-ethyl adjacent to an activating group) is 1. The normalized spacial score (nSPS) is 17.0. The number of anilines is 2. The van der Waals surface area contributed by atoms with Gasteiger partial charge in [-0.1, -0.05) is 0 Å².